The fraction of sp³-hybridized carbons (Fsp3) is 0.263. The minimum atomic E-state index is -0.0864. The smallest absolute Gasteiger partial charge is 0.254 e. The maximum atomic E-state index is 12.4. The molecule has 1 aliphatic rings. The van der Waals surface area contributed by atoms with Gasteiger partial charge in [0, 0.05) is 37.6 Å². The van der Waals surface area contributed by atoms with Crippen molar-refractivity contribution in [3.05, 3.63) is 70.0 Å². The average Bonchev–Trinajstić information content (AvgIpc) is 2.68. The van der Waals surface area contributed by atoms with Crippen LogP contribution in [0, 0.1) is 0 Å². The van der Waals surface area contributed by atoms with Gasteiger partial charge in [-0.1, -0.05) is 12.1 Å². The topological polar surface area (TPSA) is 84.0 Å². The van der Waals surface area contributed by atoms with Crippen molar-refractivity contribution in [3.63, 3.8) is 0 Å². The van der Waals surface area contributed by atoms with E-state index >= 15 is 0 Å². The Labute approximate surface area is 150 Å². The van der Waals surface area contributed by atoms with Crippen molar-refractivity contribution in [1.82, 2.24) is 24.8 Å². The lowest BCUT2D eigenvalue weighted by molar-refractivity contribution is 0.240. The van der Waals surface area contributed by atoms with Crippen LogP contribution >= 0.6 is 0 Å². The van der Waals surface area contributed by atoms with Gasteiger partial charge in [0.2, 0.25) is 0 Å². The fourth-order valence-corrected chi connectivity index (χ4v) is 3.20. The van der Waals surface area contributed by atoms with Crippen LogP contribution in [-0.4, -0.2) is 38.5 Å². The van der Waals surface area contributed by atoms with Crippen LogP contribution in [-0.2, 0) is 19.5 Å². The molecule has 3 heterocycles. The molecule has 0 saturated heterocycles. The molecule has 3 aromatic rings. The summed E-state index contributed by atoms with van der Waals surface area (Å²) in [7, 11) is 1.67. The molecule has 26 heavy (non-hydrogen) atoms. The molecule has 4 rings (SSSR count). The van der Waals surface area contributed by atoms with E-state index < -0.39 is 0 Å². The number of hydrogen-bond donors (Lipinski definition) is 1. The van der Waals surface area contributed by atoms with Gasteiger partial charge in [0.15, 0.2) is 5.82 Å². The van der Waals surface area contributed by atoms with Gasteiger partial charge < -0.3 is 9.72 Å². The molecule has 0 bridgehead atoms. The van der Waals surface area contributed by atoms with Gasteiger partial charge >= 0.3 is 0 Å². The number of fused-ring (bicyclic) bond motifs is 1. The van der Waals surface area contributed by atoms with Crippen molar-refractivity contribution >= 4 is 0 Å². The first-order valence-corrected chi connectivity index (χ1v) is 8.46. The number of methoxy groups -OCH3 is 1. The molecule has 0 atom stereocenters. The van der Waals surface area contributed by atoms with Crippen molar-refractivity contribution < 1.29 is 4.74 Å². The summed E-state index contributed by atoms with van der Waals surface area (Å²) in [6.45, 7) is 2.23. The quantitative estimate of drug-likeness (QED) is 0.773. The Balaban J connectivity index is 1.59. The first kappa shape index (κ1) is 16.4. The summed E-state index contributed by atoms with van der Waals surface area (Å²) in [4.78, 5) is 30.4. The third-order valence-electron chi connectivity index (χ3n) is 4.50. The molecule has 2 aromatic heterocycles. The maximum Gasteiger partial charge on any atom is 0.254 e. The highest BCUT2D eigenvalue weighted by Gasteiger charge is 2.21. The van der Waals surface area contributed by atoms with Gasteiger partial charge in [0.1, 0.15) is 11.4 Å². The summed E-state index contributed by atoms with van der Waals surface area (Å²) >= 11 is 0. The van der Waals surface area contributed by atoms with E-state index in [1.165, 1.54) is 5.56 Å². The molecule has 7 nitrogen and oxygen atoms in total. The van der Waals surface area contributed by atoms with Crippen LogP contribution in [0.5, 0.6) is 5.75 Å². The lowest BCUT2D eigenvalue weighted by atomic mass is 10.1. The first-order valence-electron chi connectivity index (χ1n) is 8.46. The van der Waals surface area contributed by atoms with E-state index in [1.807, 2.05) is 18.2 Å². The van der Waals surface area contributed by atoms with E-state index in [0.717, 1.165) is 30.1 Å². The molecular formula is C19H19N5O2. The normalized spacial score (nSPS) is 14.0. The lowest BCUT2D eigenvalue weighted by Gasteiger charge is -2.27. The van der Waals surface area contributed by atoms with E-state index in [2.05, 4.69) is 30.9 Å². The second-order valence-electron chi connectivity index (χ2n) is 6.24. The SMILES string of the molecule is COc1cccc(CN2CCc3c(nc(-c4cnccn4)[nH]c3=O)C2)c1. The molecule has 1 aromatic carbocycles. The molecule has 0 radical (unpaired) electrons. The zero-order valence-electron chi connectivity index (χ0n) is 14.5. The van der Waals surface area contributed by atoms with Crippen LogP contribution < -0.4 is 10.3 Å². The Hall–Kier alpha value is -3.06. The zero-order valence-corrected chi connectivity index (χ0v) is 14.5. The molecule has 0 spiro atoms. The zero-order chi connectivity index (χ0) is 17.9. The van der Waals surface area contributed by atoms with Crippen LogP contribution in [0.3, 0.4) is 0 Å². The third-order valence-corrected chi connectivity index (χ3v) is 4.50. The van der Waals surface area contributed by atoms with Gasteiger partial charge in [-0.25, -0.2) is 9.97 Å². The summed E-state index contributed by atoms with van der Waals surface area (Å²) in [6, 6.07) is 8.03. The van der Waals surface area contributed by atoms with E-state index in [1.54, 1.807) is 25.7 Å². The van der Waals surface area contributed by atoms with Crippen molar-refractivity contribution in [2.24, 2.45) is 0 Å². The number of nitrogens with zero attached hydrogens (tertiary/aromatic N) is 4. The van der Waals surface area contributed by atoms with E-state index in [-0.39, 0.29) is 5.56 Å². The van der Waals surface area contributed by atoms with Gasteiger partial charge in [-0.05, 0) is 24.1 Å². The van der Waals surface area contributed by atoms with Crippen molar-refractivity contribution in [1.29, 1.82) is 0 Å². The van der Waals surface area contributed by atoms with Gasteiger partial charge in [-0.3, -0.25) is 14.7 Å². The summed E-state index contributed by atoms with van der Waals surface area (Å²) < 4.78 is 5.29. The lowest BCUT2D eigenvalue weighted by Crippen LogP contribution is -2.35. The summed E-state index contributed by atoms with van der Waals surface area (Å²) in [6.07, 6.45) is 5.46. The van der Waals surface area contributed by atoms with Gasteiger partial charge in [0.25, 0.3) is 5.56 Å². The molecule has 0 aliphatic carbocycles. The molecule has 0 unspecified atom stereocenters. The van der Waals surface area contributed by atoms with Crippen molar-refractivity contribution in [2.75, 3.05) is 13.7 Å². The second-order valence-corrected chi connectivity index (χ2v) is 6.24. The van der Waals surface area contributed by atoms with Crippen LogP contribution in [0.15, 0.2) is 47.7 Å². The van der Waals surface area contributed by atoms with Gasteiger partial charge in [-0.15, -0.1) is 0 Å². The van der Waals surface area contributed by atoms with Gasteiger partial charge in [-0.2, -0.15) is 0 Å². The molecule has 1 N–H and O–H groups in total. The van der Waals surface area contributed by atoms with E-state index in [4.69, 9.17) is 4.74 Å². The number of rotatable bonds is 4. The van der Waals surface area contributed by atoms with Crippen LogP contribution in [0.25, 0.3) is 11.5 Å². The number of hydrogen-bond acceptors (Lipinski definition) is 6. The molecule has 132 valence electrons. The molecule has 0 fully saturated rings. The predicted octanol–water partition coefficient (Wildman–Crippen LogP) is 1.79. The fourth-order valence-electron chi connectivity index (χ4n) is 3.20. The number of H-pyrrole nitrogens is 1. The number of aromatic amines is 1. The monoisotopic (exact) mass is 349 g/mol. The standard InChI is InChI=1S/C19H19N5O2/c1-26-14-4-2-3-13(9-14)11-24-8-5-15-17(12-24)22-18(23-19(15)25)16-10-20-6-7-21-16/h2-4,6-7,9-10H,5,8,11-12H2,1H3,(H,22,23,25). The first-order chi connectivity index (χ1) is 12.7. The Kier molecular flexibility index (Phi) is 4.45. The van der Waals surface area contributed by atoms with E-state index in [9.17, 15) is 4.79 Å². The largest absolute Gasteiger partial charge is 0.497 e. The third kappa shape index (κ3) is 3.34. The molecular weight excluding hydrogens is 330 g/mol. The average molecular weight is 349 g/mol. The summed E-state index contributed by atoms with van der Waals surface area (Å²) in [5, 5.41) is 0. The summed E-state index contributed by atoms with van der Waals surface area (Å²) in [5.74, 6) is 1.31. The van der Waals surface area contributed by atoms with Crippen molar-refractivity contribution in [2.45, 2.75) is 19.5 Å². The number of nitrogens with one attached hydrogen (secondary N) is 1. The Bertz CT molecular complexity index is 971. The van der Waals surface area contributed by atoms with Gasteiger partial charge in [0.05, 0.1) is 19.0 Å². The molecule has 1 aliphatic heterocycles. The molecule has 0 amide bonds. The van der Waals surface area contributed by atoms with Crippen LogP contribution in [0.1, 0.15) is 16.8 Å². The maximum absolute atomic E-state index is 12.4. The number of aromatic nitrogens is 4. The second kappa shape index (κ2) is 7.05. The number of benzene rings is 1. The van der Waals surface area contributed by atoms with E-state index in [0.29, 0.717) is 24.5 Å². The Morgan fingerprint density at radius 3 is 3.04 bits per heavy atom. The minimum absolute atomic E-state index is 0.0864. The molecule has 7 heteroatoms. The highest BCUT2D eigenvalue weighted by atomic mass is 16.5. The highest BCUT2D eigenvalue weighted by molar-refractivity contribution is 5.47. The number of ether oxygens (including phenoxy) is 1. The minimum Gasteiger partial charge on any atom is -0.497 e. The van der Waals surface area contributed by atoms with Crippen molar-refractivity contribution in [3.8, 4) is 17.3 Å². The Morgan fingerprint density at radius 1 is 1.31 bits per heavy atom. The predicted molar refractivity (Wildman–Crippen MR) is 96.7 cm³/mol. The van der Waals surface area contributed by atoms with Crippen LogP contribution in [0.2, 0.25) is 0 Å². The highest BCUT2D eigenvalue weighted by Crippen LogP contribution is 2.20. The van der Waals surface area contributed by atoms with Crippen LogP contribution in [0.4, 0.5) is 0 Å². The Morgan fingerprint density at radius 2 is 2.23 bits per heavy atom. The molecule has 0 saturated carbocycles. The summed E-state index contributed by atoms with van der Waals surface area (Å²) in [5.41, 5.74) is 3.23.